The molecule has 2 rings (SSSR count). The van der Waals surface area contributed by atoms with Crippen molar-refractivity contribution in [2.24, 2.45) is 23.7 Å². The zero-order valence-electron chi connectivity index (χ0n) is 7.14. The van der Waals surface area contributed by atoms with E-state index in [2.05, 4.69) is 13.8 Å². The fourth-order valence-electron chi connectivity index (χ4n) is 3.11. The van der Waals surface area contributed by atoms with Crippen molar-refractivity contribution in [3.8, 4) is 0 Å². The summed E-state index contributed by atoms with van der Waals surface area (Å²) in [7, 11) is 0. The van der Waals surface area contributed by atoms with E-state index in [1.54, 1.807) is 25.7 Å². The molecule has 1 unspecified atom stereocenters. The summed E-state index contributed by atoms with van der Waals surface area (Å²) >= 11 is 0. The molecule has 2 bridgehead atoms. The highest BCUT2D eigenvalue weighted by Crippen LogP contribution is 2.50. The van der Waals surface area contributed by atoms with Gasteiger partial charge in [-0.15, -0.1) is 0 Å². The lowest BCUT2D eigenvalue weighted by Crippen LogP contribution is -2.15. The Morgan fingerprint density at radius 2 is 1.90 bits per heavy atom. The van der Waals surface area contributed by atoms with E-state index >= 15 is 0 Å². The standard InChI is InChI=1S/C10H18/c1-7(2)10-6-8-3-4-9(10)5-8/h7-10H,3-6H2,1-2H3/t8-,9+,10?/m1/s1. The van der Waals surface area contributed by atoms with Gasteiger partial charge in [-0.3, -0.25) is 0 Å². The fourth-order valence-corrected chi connectivity index (χ4v) is 3.11. The first-order chi connectivity index (χ1) is 4.77. The average molecular weight is 138 g/mol. The summed E-state index contributed by atoms with van der Waals surface area (Å²) < 4.78 is 0. The van der Waals surface area contributed by atoms with Gasteiger partial charge in [-0.2, -0.15) is 0 Å². The summed E-state index contributed by atoms with van der Waals surface area (Å²) in [5.74, 6) is 4.32. The van der Waals surface area contributed by atoms with Crippen molar-refractivity contribution in [1.82, 2.24) is 0 Å². The van der Waals surface area contributed by atoms with Crippen LogP contribution < -0.4 is 0 Å². The molecule has 0 N–H and O–H groups in total. The summed E-state index contributed by atoms with van der Waals surface area (Å²) in [6.07, 6.45) is 6.23. The van der Waals surface area contributed by atoms with E-state index in [4.69, 9.17) is 0 Å². The first-order valence-corrected chi connectivity index (χ1v) is 4.77. The third-order valence-electron chi connectivity index (χ3n) is 3.65. The second-order valence-corrected chi connectivity index (χ2v) is 4.58. The Balaban J connectivity index is 2.02. The molecule has 0 aromatic heterocycles. The van der Waals surface area contributed by atoms with Crippen molar-refractivity contribution in [2.45, 2.75) is 39.5 Å². The fraction of sp³-hybridized carbons (Fsp3) is 1.00. The smallest absolute Gasteiger partial charge is 0.0360 e. The van der Waals surface area contributed by atoms with Crippen LogP contribution in [0.2, 0.25) is 0 Å². The molecule has 2 aliphatic carbocycles. The van der Waals surface area contributed by atoms with Gasteiger partial charge in [0.05, 0.1) is 0 Å². The van der Waals surface area contributed by atoms with Crippen LogP contribution in [0.1, 0.15) is 39.5 Å². The lowest BCUT2D eigenvalue weighted by Gasteiger charge is -2.24. The molecule has 0 heteroatoms. The molecule has 10 heavy (non-hydrogen) atoms. The molecule has 0 nitrogen and oxygen atoms in total. The Kier molecular flexibility index (Phi) is 1.51. The van der Waals surface area contributed by atoms with E-state index in [0.717, 1.165) is 23.7 Å². The predicted octanol–water partition coefficient (Wildman–Crippen LogP) is 3.08. The minimum atomic E-state index is 0.954. The quantitative estimate of drug-likeness (QED) is 0.522. The van der Waals surface area contributed by atoms with E-state index in [1.807, 2.05) is 0 Å². The molecule has 0 aliphatic heterocycles. The zero-order valence-corrected chi connectivity index (χ0v) is 7.14. The van der Waals surface area contributed by atoms with Gasteiger partial charge in [0.2, 0.25) is 0 Å². The Bertz CT molecular complexity index is 126. The maximum Gasteiger partial charge on any atom is -0.0360 e. The van der Waals surface area contributed by atoms with Crippen molar-refractivity contribution in [1.29, 1.82) is 0 Å². The second-order valence-electron chi connectivity index (χ2n) is 4.58. The highest BCUT2D eigenvalue weighted by atomic mass is 14.5. The van der Waals surface area contributed by atoms with Gasteiger partial charge >= 0.3 is 0 Å². The van der Waals surface area contributed by atoms with E-state index in [1.165, 1.54) is 0 Å². The number of hydrogen-bond acceptors (Lipinski definition) is 0. The topological polar surface area (TPSA) is 0 Å². The maximum absolute atomic E-state index is 2.39. The molecule has 3 atom stereocenters. The van der Waals surface area contributed by atoms with Crippen LogP contribution in [-0.4, -0.2) is 0 Å². The van der Waals surface area contributed by atoms with Gasteiger partial charge in [0.25, 0.3) is 0 Å². The Morgan fingerprint density at radius 1 is 1.10 bits per heavy atom. The van der Waals surface area contributed by atoms with Crippen LogP contribution in [0.4, 0.5) is 0 Å². The molecule has 2 saturated carbocycles. The third kappa shape index (κ3) is 0.889. The number of fused-ring (bicyclic) bond motifs is 2. The van der Waals surface area contributed by atoms with Gasteiger partial charge in [0.15, 0.2) is 0 Å². The molecule has 0 saturated heterocycles. The van der Waals surface area contributed by atoms with Crippen LogP contribution in [0.25, 0.3) is 0 Å². The molecule has 2 fully saturated rings. The highest BCUT2D eigenvalue weighted by molar-refractivity contribution is 4.90. The van der Waals surface area contributed by atoms with Gasteiger partial charge in [-0.25, -0.2) is 0 Å². The first kappa shape index (κ1) is 6.69. The zero-order chi connectivity index (χ0) is 7.14. The third-order valence-corrected chi connectivity index (χ3v) is 3.65. The molecular weight excluding hydrogens is 120 g/mol. The monoisotopic (exact) mass is 138 g/mol. The lowest BCUT2D eigenvalue weighted by atomic mass is 9.81. The first-order valence-electron chi connectivity index (χ1n) is 4.77. The van der Waals surface area contributed by atoms with Crippen molar-refractivity contribution in [2.75, 3.05) is 0 Å². The normalized spacial score (nSPS) is 45.3. The van der Waals surface area contributed by atoms with E-state index in [0.29, 0.717) is 0 Å². The summed E-state index contributed by atoms with van der Waals surface area (Å²) in [4.78, 5) is 0. The molecular formula is C10H18. The van der Waals surface area contributed by atoms with Crippen LogP contribution in [-0.2, 0) is 0 Å². The summed E-state index contributed by atoms with van der Waals surface area (Å²) in [6, 6.07) is 0. The second kappa shape index (κ2) is 2.25. The van der Waals surface area contributed by atoms with Gasteiger partial charge in [-0.05, 0) is 42.9 Å². The molecule has 0 aromatic carbocycles. The molecule has 0 radical (unpaired) electrons. The van der Waals surface area contributed by atoms with Crippen LogP contribution >= 0.6 is 0 Å². The van der Waals surface area contributed by atoms with Crippen molar-refractivity contribution in [3.63, 3.8) is 0 Å². The van der Waals surface area contributed by atoms with Crippen molar-refractivity contribution < 1.29 is 0 Å². The molecule has 0 heterocycles. The summed E-state index contributed by atoms with van der Waals surface area (Å²) in [6.45, 7) is 4.79. The van der Waals surface area contributed by atoms with Crippen LogP contribution in [0.3, 0.4) is 0 Å². The van der Waals surface area contributed by atoms with Gasteiger partial charge in [0, 0.05) is 0 Å². The Hall–Kier alpha value is 0. The van der Waals surface area contributed by atoms with Crippen LogP contribution in [0, 0.1) is 23.7 Å². The predicted molar refractivity (Wildman–Crippen MR) is 43.8 cm³/mol. The van der Waals surface area contributed by atoms with E-state index in [-0.39, 0.29) is 0 Å². The maximum atomic E-state index is 2.39. The number of rotatable bonds is 1. The molecule has 58 valence electrons. The summed E-state index contributed by atoms with van der Waals surface area (Å²) in [5, 5.41) is 0. The minimum absolute atomic E-state index is 0.954. The minimum Gasteiger partial charge on any atom is -0.0625 e. The Labute approximate surface area is 64.0 Å². The Morgan fingerprint density at radius 3 is 2.20 bits per heavy atom. The van der Waals surface area contributed by atoms with Crippen LogP contribution in [0.15, 0.2) is 0 Å². The average Bonchev–Trinajstić information content (AvgIpc) is 2.44. The summed E-state index contributed by atoms with van der Waals surface area (Å²) in [5.41, 5.74) is 0. The van der Waals surface area contributed by atoms with Crippen LogP contribution in [0.5, 0.6) is 0 Å². The SMILES string of the molecule is CC(C)C1C[C@@H]2CC[C@H]1C2. The lowest BCUT2D eigenvalue weighted by molar-refractivity contribution is 0.256. The highest BCUT2D eigenvalue weighted by Gasteiger charge is 2.40. The van der Waals surface area contributed by atoms with Gasteiger partial charge in [-0.1, -0.05) is 20.3 Å². The molecule has 0 spiro atoms. The largest absolute Gasteiger partial charge is 0.0625 e. The molecule has 0 amide bonds. The molecule has 0 aromatic rings. The van der Waals surface area contributed by atoms with E-state index < -0.39 is 0 Å². The van der Waals surface area contributed by atoms with Gasteiger partial charge in [0.1, 0.15) is 0 Å². The van der Waals surface area contributed by atoms with Gasteiger partial charge < -0.3 is 0 Å². The van der Waals surface area contributed by atoms with Crippen molar-refractivity contribution >= 4 is 0 Å². The van der Waals surface area contributed by atoms with Crippen molar-refractivity contribution in [3.05, 3.63) is 0 Å². The van der Waals surface area contributed by atoms with E-state index in [9.17, 15) is 0 Å². The number of hydrogen-bond donors (Lipinski definition) is 0. The molecule has 2 aliphatic rings.